The lowest BCUT2D eigenvalue weighted by Crippen LogP contribution is -2.70. The van der Waals surface area contributed by atoms with Gasteiger partial charge in [0.25, 0.3) is 0 Å². The fraction of sp³-hybridized carbons (Fsp3) is 0.458. The van der Waals surface area contributed by atoms with Crippen molar-refractivity contribution in [2.24, 2.45) is 5.92 Å². The van der Waals surface area contributed by atoms with Crippen LogP contribution in [0.15, 0.2) is 35.0 Å². The van der Waals surface area contributed by atoms with Gasteiger partial charge in [-0.2, -0.15) is 0 Å². The van der Waals surface area contributed by atoms with Crippen molar-refractivity contribution in [3.8, 4) is 11.4 Å². The molecule has 1 aromatic carbocycles. The normalized spacial score (nSPS) is 26.1. The van der Waals surface area contributed by atoms with Gasteiger partial charge in [-0.25, -0.2) is 19.2 Å². The third-order valence-electron chi connectivity index (χ3n) is 7.09. The lowest BCUT2D eigenvalue weighted by molar-refractivity contribution is -0.110. The molecule has 9 heteroatoms. The summed E-state index contributed by atoms with van der Waals surface area (Å²) in [5.74, 6) is 2.04. The molecule has 3 fully saturated rings. The Morgan fingerprint density at radius 2 is 2.00 bits per heavy atom. The second-order valence-corrected chi connectivity index (χ2v) is 9.71. The molecule has 0 spiro atoms. The van der Waals surface area contributed by atoms with Gasteiger partial charge in [0.15, 0.2) is 11.6 Å². The fourth-order valence-electron chi connectivity index (χ4n) is 5.44. The van der Waals surface area contributed by atoms with Crippen molar-refractivity contribution in [1.29, 1.82) is 0 Å². The molecule has 2 bridgehead atoms. The summed E-state index contributed by atoms with van der Waals surface area (Å²) in [6.07, 6.45) is 7.07. The monoisotopic (exact) mass is 448 g/mol. The summed E-state index contributed by atoms with van der Waals surface area (Å²) in [5.41, 5.74) is 1.76. The Labute approximate surface area is 190 Å². The molecule has 1 N–H and O–H groups in total. The first-order valence-corrected chi connectivity index (χ1v) is 11.5. The van der Waals surface area contributed by atoms with E-state index in [-0.39, 0.29) is 12.1 Å². The predicted octanol–water partition coefficient (Wildman–Crippen LogP) is 4.78. The van der Waals surface area contributed by atoms with Crippen LogP contribution in [0.5, 0.6) is 0 Å². The Kier molecular flexibility index (Phi) is 4.50. The number of fused-ring (bicyclic) bond motifs is 2. The van der Waals surface area contributed by atoms with E-state index in [1.54, 1.807) is 0 Å². The largest absolute Gasteiger partial charge is 0.422 e. The zero-order valence-electron chi connectivity index (χ0n) is 18.6. The summed E-state index contributed by atoms with van der Waals surface area (Å²) in [4.78, 5) is 23.5. The number of hydrogen-bond acceptors (Lipinski definition) is 6. The Hall–Kier alpha value is -3.36. The standard InChI is InChI=1S/C24H25FN6O2/c1-13-7-18-10-24(9-13,22-30-29-21(33-22)15-4-5-15)31(18)23(32)28-17-6-3-14(2)19(8-17)20-26-11-16(25)12-27-20/h3,6,8,11-13,15,18H,4-5,7,9-10H2,1-2H3,(H,28,32)/t13-,18?,24?/m0/s1. The number of nitrogens with zero attached hydrogens (tertiary/aromatic N) is 5. The number of rotatable bonds is 4. The molecule has 4 heterocycles. The Balaban J connectivity index is 1.27. The number of piperidine rings is 1. The molecule has 2 unspecified atom stereocenters. The smallest absolute Gasteiger partial charge is 0.323 e. The molecule has 3 aliphatic rings. The summed E-state index contributed by atoms with van der Waals surface area (Å²) in [6, 6.07) is 5.54. The lowest BCUT2D eigenvalue weighted by atomic mass is 9.64. The van der Waals surface area contributed by atoms with Crippen LogP contribution in [0.25, 0.3) is 11.4 Å². The van der Waals surface area contributed by atoms with Gasteiger partial charge in [-0.1, -0.05) is 13.0 Å². The van der Waals surface area contributed by atoms with Gasteiger partial charge in [0.1, 0.15) is 5.54 Å². The predicted molar refractivity (Wildman–Crippen MR) is 118 cm³/mol. The average Bonchev–Trinajstić information content (AvgIpc) is 3.51. The summed E-state index contributed by atoms with van der Waals surface area (Å²) < 4.78 is 19.3. The molecule has 33 heavy (non-hydrogen) atoms. The first-order chi connectivity index (χ1) is 15.9. The van der Waals surface area contributed by atoms with Crippen LogP contribution in [-0.4, -0.2) is 37.1 Å². The van der Waals surface area contributed by atoms with Crippen LogP contribution in [0.4, 0.5) is 14.9 Å². The lowest BCUT2D eigenvalue weighted by Gasteiger charge is -2.61. The highest BCUT2D eigenvalue weighted by Crippen LogP contribution is 2.56. The molecule has 2 saturated heterocycles. The van der Waals surface area contributed by atoms with Crippen molar-refractivity contribution in [1.82, 2.24) is 25.1 Å². The van der Waals surface area contributed by atoms with Crippen molar-refractivity contribution in [2.45, 2.75) is 63.5 Å². The van der Waals surface area contributed by atoms with E-state index < -0.39 is 11.4 Å². The van der Waals surface area contributed by atoms with Crippen LogP contribution in [0, 0.1) is 18.7 Å². The van der Waals surface area contributed by atoms with Gasteiger partial charge in [-0.05, 0) is 56.2 Å². The number of urea groups is 1. The van der Waals surface area contributed by atoms with Gasteiger partial charge >= 0.3 is 6.03 Å². The van der Waals surface area contributed by atoms with Gasteiger partial charge in [-0.3, -0.25) is 0 Å². The van der Waals surface area contributed by atoms with Gasteiger partial charge in [0, 0.05) is 29.6 Å². The number of hydrogen-bond donors (Lipinski definition) is 1. The first-order valence-electron chi connectivity index (χ1n) is 11.5. The second kappa shape index (κ2) is 7.33. The zero-order chi connectivity index (χ0) is 22.7. The van der Waals surface area contributed by atoms with Crippen molar-refractivity contribution in [2.75, 3.05) is 5.32 Å². The summed E-state index contributed by atoms with van der Waals surface area (Å²) >= 11 is 0. The van der Waals surface area contributed by atoms with Gasteiger partial charge in [-0.15, -0.1) is 10.2 Å². The third-order valence-corrected chi connectivity index (χ3v) is 7.09. The van der Waals surface area contributed by atoms with Crippen molar-refractivity contribution < 1.29 is 13.6 Å². The van der Waals surface area contributed by atoms with Crippen molar-refractivity contribution >= 4 is 11.7 Å². The molecular weight excluding hydrogens is 423 g/mol. The van der Waals surface area contributed by atoms with Crippen molar-refractivity contribution in [3.05, 3.63) is 53.8 Å². The Morgan fingerprint density at radius 1 is 1.21 bits per heavy atom. The molecule has 1 aliphatic carbocycles. The highest BCUT2D eigenvalue weighted by atomic mass is 19.1. The molecule has 2 aliphatic heterocycles. The van der Waals surface area contributed by atoms with Crippen LogP contribution >= 0.6 is 0 Å². The van der Waals surface area contributed by atoms with Gasteiger partial charge in [0.2, 0.25) is 11.8 Å². The molecule has 2 amide bonds. The van der Waals surface area contributed by atoms with Crippen molar-refractivity contribution in [3.63, 3.8) is 0 Å². The second-order valence-electron chi connectivity index (χ2n) is 9.71. The molecule has 6 rings (SSSR count). The number of carbonyl (C=O) groups is 1. The number of aromatic nitrogens is 4. The number of carbonyl (C=O) groups excluding carboxylic acids is 1. The maximum Gasteiger partial charge on any atom is 0.323 e. The summed E-state index contributed by atoms with van der Waals surface area (Å²) in [6.45, 7) is 4.14. The third kappa shape index (κ3) is 3.37. The van der Waals surface area contributed by atoms with Gasteiger partial charge < -0.3 is 14.6 Å². The Bertz CT molecular complexity index is 1220. The van der Waals surface area contributed by atoms with E-state index in [1.165, 1.54) is 0 Å². The first kappa shape index (κ1) is 20.3. The van der Waals surface area contributed by atoms with E-state index in [2.05, 4.69) is 32.4 Å². The number of benzene rings is 1. The molecule has 3 aromatic rings. The zero-order valence-corrected chi connectivity index (χ0v) is 18.6. The molecule has 3 atom stereocenters. The topological polar surface area (TPSA) is 97.0 Å². The van der Waals surface area contributed by atoms with Crippen LogP contribution in [0.3, 0.4) is 0 Å². The molecule has 8 nitrogen and oxygen atoms in total. The summed E-state index contributed by atoms with van der Waals surface area (Å²) in [7, 11) is 0. The quantitative estimate of drug-likeness (QED) is 0.617. The minimum atomic E-state index is -0.542. The van der Waals surface area contributed by atoms with Crippen LogP contribution < -0.4 is 5.32 Å². The highest BCUT2D eigenvalue weighted by Gasteiger charge is 2.62. The van der Waals surface area contributed by atoms with E-state index in [4.69, 9.17) is 4.42 Å². The molecular formula is C24H25FN6O2. The molecule has 170 valence electrons. The fourth-order valence-corrected chi connectivity index (χ4v) is 5.44. The minimum Gasteiger partial charge on any atom is -0.422 e. The van der Waals surface area contributed by atoms with E-state index in [0.29, 0.717) is 35.1 Å². The number of halogens is 1. The molecule has 1 saturated carbocycles. The van der Waals surface area contributed by atoms with Crippen LogP contribution in [0.2, 0.25) is 0 Å². The average molecular weight is 449 g/mol. The van der Waals surface area contributed by atoms with E-state index in [0.717, 1.165) is 55.6 Å². The highest BCUT2D eigenvalue weighted by molar-refractivity contribution is 5.91. The van der Waals surface area contributed by atoms with Gasteiger partial charge in [0.05, 0.1) is 12.4 Å². The number of nitrogens with one attached hydrogen (secondary N) is 1. The van der Waals surface area contributed by atoms with E-state index >= 15 is 0 Å². The maximum absolute atomic E-state index is 13.5. The number of anilines is 1. The molecule has 2 aromatic heterocycles. The maximum atomic E-state index is 13.5. The summed E-state index contributed by atoms with van der Waals surface area (Å²) in [5, 5.41) is 11.7. The SMILES string of the molecule is Cc1ccc(NC(=O)N2C3C[C@H](C)CC2(c2nnc(C4CC4)o2)C3)cc1-c1ncc(F)cn1. The Morgan fingerprint density at radius 3 is 2.76 bits per heavy atom. The van der Waals surface area contributed by atoms with E-state index in [1.807, 2.05) is 30.0 Å². The number of amides is 2. The van der Waals surface area contributed by atoms with Crippen LogP contribution in [-0.2, 0) is 5.54 Å². The number of aryl methyl sites for hydroxylation is 1. The molecule has 0 radical (unpaired) electrons. The minimum absolute atomic E-state index is 0.148. The van der Waals surface area contributed by atoms with E-state index in [9.17, 15) is 9.18 Å². The van der Waals surface area contributed by atoms with Crippen LogP contribution in [0.1, 0.15) is 62.3 Å².